The predicted molar refractivity (Wildman–Crippen MR) is 56.1 cm³/mol. The summed E-state index contributed by atoms with van der Waals surface area (Å²) in [6.07, 6.45) is 7.23. The average Bonchev–Trinajstić information content (AvgIpc) is 2.53. The molecule has 1 aliphatic rings. The summed E-state index contributed by atoms with van der Waals surface area (Å²) in [6.45, 7) is 5.92. The van der Waals surface area contributed by atoms with E-state index in [4.69, 9.17) is 0 Å². The summed E-state index contributed by atoms with van der Waals surface area (Å²) in [5.74, 6) is 0. The van der Waals surface area contributed by atoms with E-state index in [-0.39, 0.29) is 0 Å². The van der Waals surface area contributed by atoms with Crippen molar-refractivity contribution in [3.8, 4) is 0 Å². The van der Waals surface area contributed by atoms with E-state index >= 15 is 0 Å². The molecule has 0 aliphatic heterocycles. The highest BCUT2D eigenvalue weighted by atomic mass is 14.1. The van der Waals surface area contributed by atoms with Gasteiger partial charge in [-0.05, 0) is 29.7 Å². The Morgan fingerprint density at radius 1 is 1.08 bits per heavy atom. The van der Waals surface area contributed by atoms with Gasteiger partial charge >= 0.3 is 0 Å². The first-order valence-corrected chi connectivity index (χ1v) is 4.34. The molecule has 0 bridgehead atoms. The Kier molecular flexibility index (Phi) is 1.90. The van der Waals surface area contributed by atoms with E-state index in [0.717, 1.165) is 11.1 Å². The fraction of sp³-hybridized carbons (Fsp3) is 0.0769. The number of hydrogen-bond acceptors (Lipinski definition) is 0. The molecule has 0 heterocycles. The van der Waals surface area contributed by atoms with Crippen molar-refractivity contribution in [1.29, 1.82) is 0 Å². The van der Waals surface area contributed by atoms with E-state index in [9.17, 15) is 0 Å². The van der Waals surface area contributed by atoms with E-state index in [1.807, 2.05) is 12.2 Å². The van der Waals surface area contributed by atoms with E-state index < -0.39 is 0 Å². The Hall–Kier alpha value is -1.56. The lowest BCUT2D eigenvalue weighted by Crippen LogP contribution is -1.79. The number of allylic oxidation sites excluding steroid dienone is 5. The van der Waals surface area contributed by atoms with Crippen LogP contribution < -0.4 is 0 Å². The van der Waals surface area contributed by atoms with Crippen LogP contribution in [0.3, 0.4) is 0 Å². The highest BCUT2D eigenvalue weighted by Gasteiger charge is 2.03. The topological polar surface area (TPSA) is 0 Å². The lowest BCUT2D eigenvalue weighted by molar-refractivity contribution is 1.45. The van der Waals surface area contributed by atoms with Crippen LogP contribution in [0.5, 0.6) is 0 Å². The minimum atomic E-state index is 0.954. The Morgan fingerprint density at radius 2 is 1.77 bits per heavy atom. The third-order valence-electron chi connectivity index (χ3n) is 2.11. The summed E-state index contributed by atoms with van der Waals surface area (Å²) in [5, 5.41) is 0. The van der Waals surface area contributed by atoms with Crippen LogP contribution in [0.15, 0.2) is 48.6 Å². The fourth-order valence-corrected chi connectivity index (χ4v) is 1.34. The molecular weight excluding hydrogens is 156 g/mol. The molecule has 13 heavy (non-hydrogen) atoms. The van der Waals surface area contributed by atoms with Gasteiger partial charge in [-0.1, -0.05) is 48.6 Å². The molecule has 2 rings (SSSR count). The van der Waals surface area contributed by atoms with Crippen LogP contribution in [-0.2, 0) is 0 Å². The molecule has 63 valence electrons. The predicted octanol–water partition coefficient (Wildman–Crippen LogP) is 3.31. The van der Waals surface area contributed by atoms with Crippen molar-refractivity contribution in [3.05, 3.63) is 65.8 Å². The molecule has 0 amide bonds. The smallest absolute Gasteiger partial charge is 0.00267 e. The van der Waals surface area contributed by atoms with Gasteiger partial charge in [0.1, 0.15) is 0 Å². The van der Waals surface area contributed by atoms with Crippen LogP contribution in [0.2, 0.25) is 0 Å². The van der Waals surface area contributed by atoms with E-state index in [0.29, 0.717) is 0 Å². The third kappa shape index (κ3) is 1.62. The maximum absolute atomic E-state index is 3.83. The standard InChI is InChI=1S/C13H11/c1-10-3-6-12(7-4-10)13-8-5-11(2)9-13/h3-8H,2H2,1H3. The average molecular weight is 167 g/mol. The van der Waals surface area contributed by atoms with E-state index in [1.54, 1.807) is 0 Å². The van der Waals surface area contributed by atoms with Gasteiger partial charge in [-0.25, -0.2) is 0 Å². The molecule has 0 nitrogen and oxygen atoms in total. The van der Waals surface area contributed by atoms with Gasteiger partial charge in [-0.15, -0.1) is 0 Å². The van der Waals surface area contributed by atoms with Crippen molar-refractivity contribution < 1.29 is 0 Å². The first kappa shape index (κ1) is 8.06. The number of aryl methyl sites for hydroxylation is 1. The zero-order valence-corrected chi connectivity index (χ0v) is 7.67. The monoisotopic (exact) mass is 167 g/mol. The molecule has 0 saturated carbocycles. The Labute approximate surface area is 78.9 Å². The molecule has 1 aromatic rings. The lowest BCUT2D eigenvalue weighted by Gasteiger charge is -1.99. The van der Waals surface area contributed by atoms with Crippen LogP contribution in [0.25, 0.3) is 5.57 Å². The van der Waals surface area contributed by atoms with Gasteiger partial charge in [0, 0.05) is 0 Å². The summed E-state index contributed by atoms with van der Waals surface area (Å²) < 4.78 is 0. The lowest BCUT2D eigenvalue weighted by atomic mass is 10.1. The first-order valence-electron chi connectivity index (χ1n) is 4.34. The number of benzene rings is 1. The van der Waals surface area contributed by atoms with Gasteiger partial charge in [0.05, 0.1) is 0 Å². The zero-order chi connectivity index (χ0) is 9.26. The summed E-state index contributed by atoms with van der Waals surface area (Å²) in [6, 6.07) is 8.44. The molecule has 0 unspecified atom stereocenters. The van der Waals surface area contributed by atoms with Gasteiger partial charge in [0.15, 0.2) is 0 Å². The summed E-state index contributed by atoms with van der Waals surface area (Å²) in [7, 11) is 0. The maximum atomic E-state index is 3.83. The van der Waals surface area contributed by atoms with Crippen molar-refractivity contribution in [2.45, 2.75) is 6.92 Å². The Bertz CT molecular complexity index is 389. The third-order valence-corrected chi connectivity index (χ3v) is 2.11. The van der Waals surface area contributed by atoms with Gasteiger partial charge in [0.25, 0.3) is 0 Å². The summed E-state index contributed by atoms with van der Waals surface area (Å²) in [5.41, 5.74) is 4.58. The van der Waals surface area contributed by atoms with Crippen molar-refractivity contribution in [2.75, 3.05) is 0 Å². The highest BCUT2D eigenvalue weighted by molar-refractivity contribution is 5.78. The SMILES string of the molecule is C=C1[C]=C(c2ccc(C)cc2)C=C1. The molecule has 1 aromatic carbocycles. The molecule has 0 saturated heterocycles. The Morgan fingerprint density at radius 3 is 2.31 bits per heavy atom. The second-order valence-electron chi connectivity index (χ2n) is 3.26. The van der Waals surface area contributed by atoms with Gasteiger partial charge in [0.2, 0.25) is 0 Å². The van der Waals surface area contributed by atoms with Crippen LogP contribution in [-0.4, -0.2) is 0 Å². The van der Waals surface area contributed by atoms with Crippen molar-refractivity contribution in [1.82, 2.24) is 0 Å². The quantitative estimate of drug-likeness (QED) is 0.602. The van der Waals surface area contributed by atoms with Crippen LogP contribution >= 0.6 is 0 Å². The van der Waals surface area contributed by atoms with E-state index in [1.165, 1.54) is 11.1 Å². The van der Waals surface area contributed by atoms with Gasteiger partial charge in [-0.3, -0.25) is 0 Å². The number of hydrogen-bond donors (Lipinski definition) is 0. The van der Waals surface area contributed by atoms with Crippen LogP contribution in [0, 0.1) is 13.0 Å². The second kappa shape index (κ2) is 3.06. The van der Waals surface area contributed by atoms with Gasteiger partial charge < -0.3 is 0 Å². The second-order valence-corrected chi connectivity index (χ2v) is 3.26. The summed E-state index contributed by atoms with van der Waals surface area (Å²) in [4.78, 5) is 0. The zero-order valence-electron chi connectivity index (χ0n) is 7.67. The molecule has 1 radical (unpaired) electrons. The van der Waals surface area contributed by atoms with Crippen molar-refractivity contribution >= 4 is 5.57 Å². The van der Waals surface area contributed by atoms with Gasteiger partial charge in [-0.2, -0.15) is 0 Å². The van der Waals surface area contributed by atoms with E-state index in [2.05, 4.69) is 43.8 Å². The maximum Gasteiger partial charge on any atom is -0.00267 e. The first-order chi connectivity index (χ1) is 6.25. The molecule has 0 fully saturated rings. The molecule has 0 atom stereocenters. The normalized spacial score (nSPS) is 14.8. The highest BCUT2D eigenvalue weighted by Crippen LogP contribution is 2.22. The largest absolute Gasteiger partial charge is 0.0911 e. The van der Waals surface area contributed by atoms with Crippen molar-refractivity contribution in [3.63, 3.8) is 0 Å². The molecule has 1 aliphatic carbocycles. The Balaban J connectivity index is 2.37. The molecule has 0 aromatic heterocycles. The minimum Gasteiger partial charge on any atom is -0.0911 e. The minimum absolute atomic E-state index is 0.954. The fourth-order valence-electron chi connectivity index (χ4n) is 1.34. The molecular formula is C13H11. The number of rotatable bonds is 1. The van der Waals surface area contributed by atoms with Crippen LogP contribution in [0.1, 0.15) is 11.1 Å². The molecule has 0 heteroatoms. The van der Waals surface area contributed by atoms with Crippen LogP contribution in [0.4, 0.5) is 0 Å². The molecule has 0 N–H and O–H groups in total. The summed E-state index contributed by atoms with van der Waals surface area (Å²) >= 11 is 0. The van der Waals surface area contributed by atoms with Crippen molar-refractivity contribution in [2.24, 2.45) is 0 Å². The molecule has 0 spiro atoms.